The van der Waals surface area contributed by atoms with E-state index in [9.17, 15) is 10.1 Å². The first-order chi connectivity index (χ1) is 7.35. The highest BCUT2D eigenvalue weighted by Gasteiger charge is 2.19. The summed E-state index contributed by atoms with van der Waals surface area (Å²) in [6, 6.07) is 4.83. The van der Waals surface area contributed by atoms with Gasteiger partial charge in [-0.3, -0.25) is 10.1 Å². The van der Waals surface area contributed by atoms with Crippen LogP contribution in [0, 0.1) is 15.5 Å². The van der Waals surface area contributed by atoms with Crippen LogP contribution in [0.4, 0.5) is 5.69 Å². The summed E-state index contributed by atoms with van der Waals surface area (Å²) < 4.78 is 0.767. The van der Waals surface area contributed by atoms with Crippen LogP contribution >= 0.6 is 15.9 Å². The number of nitro benzene ring substituents is 1. The number of benzene rings is 1. The highest BCUT2D eigenvalue weighted by Crippen LogP contribution is 2.28. The Bertz CT molecular complexity index is 405. The van der Waals surface area contributed by atoms with Gasteiger partial charge < -0.3 is 5.73 Å². The van der Waals surface area contributed by atoms with Crippen LogP contribution in [-0.4, -0.2) is 11.5 Å². The zero-order chi connectivity index (χ0) is 12.3. The monoisotopic (exact) mass is 286 g/mol. The van der Waals surface area contributed by atoms with E-state index in [-0.39, 0.29) is 11.1 Å². The van der Waals surface area contributed by atoms with E-state index in [1.807, 2.05) is 0 Å². The van der Waals surface area contributed by atoms with Crippen LogP contribution in [0.3, 0.4) is 0 Å². The number of non-ortho nitro benzene ring substituents is 1. The molecule has 2 N–H and O–H groups in total. The Labute approximate surface area is 103 Å². The number of hydrogen-bond acceptors (Lipinski definition) is 3. The average Bonchev–Trinajstić information content (AvgIpc) is 2.20. The molecule has 0 radical (unpaired) electrons. The van der Waals surface area contributed by atoms with E-state index in [0.29, 0.717) is 6.54 Å². The van der Waals surface area contributed by atoms with Crippen molar-refractivity contribution in [1.29, 1.82) is 0 Å². The molecule has 0 aliphatic rings. The molecule has 88 valence electrons. The van der Waals surface area contributed by atoms with E-state index in [4.69, 9.17) is 5.73 Å². The minimum absolute atomic E-state index is 0.00134. The predicted molar refractivity (Wildman–Crippen MR) is 67.3 cm³/mol. The third-order valence-electron chi connectivity index (χ3n) is 2.47. The number of nitrogens with two attached hydrogens (primary N) is 1. The molecule has 16 heavy (non-hydrogen) atoms. The maximum Gasteiger partial charge on any atom is 0.270 e. The van der Waals surface area contributed by atoms with Gasteiger partial charge in [-0.15, -0.1) is 0 Å². The topological polar surface area (TPSA) is 69.2 Å². The van der Waals surface area contributed by atoms with Crippen molar-refractivity contribution in [1.82, 2.24) is 0 Å². The summed E-state index contributed by atoms with van der Waals surface area (Å²) in [6.07, 6.45) is 0.794. The Morgan fingerprint density at radius 3 is 2.56 bits per heavy atom. The number of nitro groups is 1. The van der Waals surface area contributed by atoms with Crippen molar-refractivity contribution in [3.8, 4) is 0 Å². The van der Waals surface area contributed by atoms with Crippen molar-refractivity contribution in [2.24, 2.45) is 11.1 Å². The van der Waals surface area contributed by atoms with Gasteiger partial charge in [-0.25, -0.2) is 0 Å². The van der Waals surface area contributed by atoms with E-state index < -0.39 is 4.92 Å². The first-order valence-corrected chi connectivity index (χ1v) is 5.78. The van der Waals surface area contributed by atoms with Gasteiger partial charge in [0.2, 0.25) is 0 Å². The zero-order valence-corrected chi connectivity index (χ0v) is 11.0. The van der Waals surface area contributed by atoms with Gasteiger partial charge in [-0.2, -0.15) is 0 Å². The zero-order valence-electron chi connectivity index (χ0n) is 9.37. The SMILES string of the molecule is CC(C)(CN)Cc1ccc([N+](=O)[O-])cc1Br. The molecule has 0 saturated heterocycles. The lowest BCUT2D eigenvalue weighted by molar-refractivity contribution is -0.384. The van der Waals surface area contributed by atoms with Crippen LogP contribution < -0.4 is 5.73 Å². The minimum Gasteiger partial charge on any atom is -0.330 e. The summed E-state index contributed by atoms with van der Waals surface area (Å²) in [4.78, 5) is 10.2. The summed E-state index contributed by atoms with van der Waals surface area (Å²) in [5, 5.41) is 10.6. The van der Waals surface area contributed by atoms with E-state index in [1.54, 1.807) is 6.07 Å². The van der Waals surface area contributed by atoms with Crippen LogP contribution in [0.1, 0.15) is 19.4 Å². The predicted octanol–water partition coefficient (Wildman–Crippen LogP) is 2.88. The Hall–Kier alpha value is -0.940. The van der Waals surface area contributed by atoms with Gasteiger partial charge in [-0.1, -0.05) is 35.8 Å². The Morgan fingerprint density at radius 1 is 1.50 bits per heavy atom. The van der Waals surface area contributed by atoms with E-state index in [1.165, 1.54) is 12.1 Å². The molecule has 0 bridgehead atoms. The molecule has 0 amide bonds. The largest absolute Gasteiger partial charge is 0.330 e. The van der Waals surface area contributed by atoms with Gasteiger partial charge in [0.25, 0.3) is 5.69 Å². The molecule has 0 fully saturated rings. The molecule has 0 unspecified atom stereocenters. The molecule has 0 saturated carbocycles. The van der Waals surface area contributed by atoms with E-state index >= 15 is 0 Å². The highest BCUT2D eigenvalue weighted by atomic mass is 79.9. The van der Waals surface area contributed by atoms with Gasteiger partial charge in [0, 0.05) is 16.6 Å². The third-order valence-corrected chi connectivity index (χ3v) is 3.21. The van der Waals surface area contributed by atoms with Crippen molar-refractivity contribution in [3.63, 3.8) is 0 Å². The van der Waals surface area contributed by atoms with E-state index in [2.05, 4.69) is 29.8 Å². The fourth-order valence-electron chi connectivity index (χ4n) is 1.38. The Morgan fingerprint density at radius 2 is 2.12 bits per heavy atom. The molecule has 1 rings (SSSR count). The molecule has 1 aromatic rings. The van der Waals surface area contributed by atoms with Gasteiger partial charge in [0.1, 0.15) is 0 Å². The lowest BCUT2D eigenvalue weighted by atomic mass is 9.86. The second-order valence-electron chi connectivity index (χ2n) is 4.58. The van der Waals surface area contributed by atoms with Crippen molar-refractivity contribution in [2.75, 3.05) is 6.54 Å². The molecule has 1 aromatic carbocycles. The molecule has 0 heterocycles. The van der Waals surface area contributed by atoms with E-state index in [0.717, 1.165) is 16.5 Å². The minimum atomic E-state index is -0.400. The fraction of sp³-hybridized carbons (Fsp3) is 0.455. The number of rotatable bonds is 4. The van der Waals surface area contributed by atoms with Crippen LogP contribution in [0.2, 0.25) is 0 Å². The number of nitrogens with zero attached hydrogens (tertiary/aromatic N) is 1. The van der Waals surface area contributed by atoms with Crippen molar-refractivity contribution < 1.29 is 4.92 Å². The molecule has 4 nitrogen and oxygen atoms in total. The molecule has 0 atom stereocenters. The van der Waals surface area contributed by atoms with Crippen molar-refractivity contribution >= 4 is 21.6 Å². The second kappa shape index (κ2) is 4.93. The first kappa shape index (κ1) is 13.1. The average molecular weight is 287 g/mol. The molecule has 0 aromatic heterocycles. The number of hydrogen-bond donors (Lipinski definition) is 1. The van der Waals surface area contributed by atoms with Crippen LogP contribution in [0.15, 0.2) is 22.7 Å². The Kier molecular flexibility index (Phi) is 4.04. The summed E-state index contributed by atoms with van der Waals surface area (Å²) in [5.74, 6) is 0. The quantitative estimate of drug-likeness (QED) is 0.683. The lowest BCUT2D eigenvalue weighted by Gasteiger charge is -2.22. The van der Waals surface area contributed by atoms with Gasteiger partial charge in [0.05, 0.1) is 4.92 Å². The smallest absolute Gasteiger partial charge is 0.270 e. The maximum atomic E-state index is 10.6. The first-order valence-electron chi connectivity index (χ1n) is 4.98. The van der Waals surface area contributed by atoms with Crippen LogP contribution in [-0.2, 0) is 6.42 Å². The summed E-state index contributed by atoms with van der Waals surface area (Å²) >= 11 is 3.35. The highest BCUT2D eigenvalue weighted by molar-refractivity contribution is 9.10. The number of halogens is 1. The maximum absolute atomic E-state index is 10.6. The third kappa shape index (κ3) is 3.28. The normalized spacial score (nSPS) is 11.5. The van der Waals surface area contributed by atoms with Crippen LogP contribution in [0.25, 0.3) is 0 Å². The lowest BCUT2D eigenvalue weighted by Crippen LogP contribution is -2.26. The van der Waals surface area contributed by atoms with Crippen molar-refractivity contribution in [2.45, 2.75) is 20.3 Å². The van der Waals surface area contributed by atoms with Gasteiger partial charge in [0.15, 0.2) is 0 Å². The van der Waals surface area contributed by atoms with Gasteiger partial charge >= 0.3 is 0 Å². The molecule has 0 aliphatic carbocycles. The summed E-state index contributed by atoms with van der Waals surface area (Å²) in [7, 11) is 0. The molecule has 0 spiro atoms. The molecular formula is C11H15BrN2O2. The standard InChI is InChI=1S/C11H15BrN2O2/c1-11(2,7-13)6-8-3-4-9(14(15)16)5-10(8)12/h3-5H,6-7,13H2,1-2H3. The molecule has 0 aliphatic heterocycles. The molecular weight excluding hydrogens is 272 g/mol. The fourth-order valence-corrected chi connectivity index (χ4v) is 1.89. The van der Waals surface area contributed by atoms with Crippen LogP contribution in [0.5, 0.6) is 0 Å². The van der Waals surface area contributed by atoms with Crippen molar-refractivity contribution in [3.05, 3.63) is 38.3 Å². The summed E-state index contributed by atoms with van der Waals surface area (Å²) in [5.41, 5.74) is 6.80. The Balaban J connectivity index is 2.96. The van der Waals surface area contributed by atoms with Gasteiger partial charge in [-0.05, 0) is 23.9 Å². The summed E-state index contributed by atoms with van der Waals surface area (Å²) in [6.45, 7) is 4.72. The second-order valence-corrected chi connectivity index (χ2v) is 5.43. The molecule has 5 heteroatoms.